The van der Waals surface area contributed by atoms with Crippen molar-refractivity contribution in [1.82, 2.24) is 0 Å². The first-order chi connectivity index (χ1) is 4.61. The molecule has 0 unspecified atom stereocenters. The molecule has 4 heteroatoms. The van der Waals surface area contributed by atoms with E-state index < -0.39 is 5.75 Å². The Morgan fingerprint density at radius 3 is 2.50 bits per heavy atom. The van der Waals surface area contributed by atoms with Crippen LogP contribution in [0.4, 0.5) is 0 Å². The Balaban J connectivity index is 3.28. The van der Waals surface area contributed by atoms with E-state index in [0.29, 0.717) is 10.4 Å². The van der Waals surface area contributed by atoms with Gasteiger partial charge in [-0.1, -0.05) is 0 Å². The molecule has 0 aliphatic carbocycles. The molecule has 1 rings (SSSR count). The van der Waals surface area contributed by atoms with E-state index in [4.69, 9.17) is 10.2 Å². The average molecular weight is 141 g/mol. The van der Waals surface area contributed by atoms with Crippen LogP contribution >= 0.6 is 0 Å². The van der Waals surface area contributed by atoms with E-state index in [0.717, 1.165) is 6.20 Å². The third-order valence-electron chi connectivity index (χ3n) is 1.20. The third kappa shape index (κ3) is 0.953. The summed E-state index contributed by atoms with van der Waals surface area (Å²) in [5.74, 6) is -0.676. The van der Waals surface area contributed by atoms with Gasteiger partial charge < -0.3 is 15.4 Å². The number of aromatic nitrogens is 1. The van der Waals surface area contributed by atoms with Crippen molar-refractivity contribution in [3.63, 3.8) is 0 Å². The van der Waals surface area contributed by atoms with Crippen LogP contribution in [0.3, 0.4) is 0 Å². The molecule has 1 aromatic rings. The van der Waals surface area contributed by atoms with Crippen LogP contribution in [0.25, 0.3) is 0 Å². The van der Waals surface area contributed by atoms with Gasteiger partial charge in [0.2, 0.25) is 11.9 Å². The lowest BCUT2D eigenvalue weighted by Crippen LogP contribution is -2.28. The van der Waals surface area contributed by atoms with E-state index in [2.05, 4.69) is 0 Å². The van der Waals surface area contributed by atoms with Crippen molar-refractivity contribution in [3.8, 4) is 11.5 Å². The van der Waals surface area contributed by atoms with Crippen molar-refractivity contribution >= 4 is 0 Å². The molecule has 0 aliphatic rings. The van der Waals surface area contributed by atoms with Gasteiger partial charge in [0, 0.05) is 6.92 Å². The standard InChI is InChI=1S/C6H7NO3/c1-4-2-5(8)6(9)3-7(4)10/h2-3,8-9H,1H3. The van der Waals surface area contributed by atoms with E-state index in [9.17, 15) is 5.21 Å². The zero-order valence-electron chi connectivity index (χ0n) is 5.40. The van der Waals surface area contributed by atoms with E-state index in [-0.39, 0.29) is 5.75 Å². The molecule has 1 aromatic heterocycles. The highest BCUT2D eigenvalue weighted by molar-refractivity contribution is 5.33. The second-order valence-electron chi connectivity index (χ2n) is 2.01. The second-order valence-corrected chi connectivity index (χ2v) is 2.01. The Morgan fingerprint density at radius 1 is 1.40 bits per heavy atom. The first kappa shape index (κ1) is 6.67. The summed E-state index contributed by atoms with van der Waals surface area (Å²) in [6.45, 7) is 1.53. The van der Waals surface area contributed by atoms with Gasteiger partial charge in [-0.05, 0) is 0 Å². The van der Waals surface area contributed by atoms with Crippen molar-refractivity contribution in [2.75, 3.05) is 0 Å². The maximum Gasteiger partial charge on any atom is 0.226 e. The van der Waals surface area contributed by atoms with Gasteiger partial charge >= 0.3 is 0 Å². The minimum absolute atomic E-state index is 0.274. The largest absolute Gasteiger partial charge is 0.618 e. The number of pyridine rings is 1. The fourth-order valence-electron chi connectivity index (χ4n) is 0.614. The van der Waals surface area contributed by atoms with Crippen LogP contribution in [0.5, 0.6) is 11.5 Å². The monoisotopic (exact) mass is 141 g/mol. The Labute approximate surface area is 57.6 Å². The molecule has 0 aliphatic heterocycles. The van der Waals surface area contributed by atoms with Gasteiger partial charge in [-0.15, -0.1) is 0 Å². The Bertz CT molecular complexity index is 209. The summed E-state index contributed by atoms with van der Waals surface area (Å²) in [6, 6.07) is 1.20. The minimum atomic E-state index is -0.402. The number of hydrogen-bond donors (Lipinski definition) is 2. The van der Waals surface area contributed by atoms with Crippen molar-refractivity contribution < 1.29 is 14.9 Å². The zero-order valence-corrected chi connectivity index (χ0v) is 5.40. The van der Waals surface area contributed by atoms with E-state index in [1.165, 1.54) is 13.0 Å². The highest BCUT2D eigenvalue weighted by Gasteiger charge is 2.05. The number of hydrogen-bond acceptors (Lipinski definition) is 3. The van der Waals surface area contributed by atoms with Crippen LogP contribution in [0, 0.1) is 12.1 Å². The molecule has 0 spiro atoms. The number of rotatable bonds is 0. The van der Waals surface area contributed by atoms with Gasteiger partial charge in [-0.25, -0.2) is 0 Å². The average Bonchev–Trinajstić information content (AvgIpc) is 1.84. The quantitative estimate of drug-likeness (QED) is 0.396. The van der Waals surface area contributed by atoms with Gasteiger partial charge in [-0.2, -0.15) is 4.73 Å². The zero-order chi connectivity index (χ0) is 7.72. The smallest absolute Gasteiger partial charge is 0.226 e. The van der Waals surface area contributed by atoms with Gasteiger partial charge in [0.05, 0.1) is 6.07 Å². The predicted molar refractivity (Wildman–Crippen MR) is 33.5 cm³/mol. The lowest BCUT2D eigenvalue weighted by Gasteiger charge is -2.00. The minimum Gasteiger partial charge on any atom is -0.618 e. The third-order valence-corrected chi connectivity index (χ3v) is 1.20. The summed E-state index contributed by atoms with van der Waals surface area (Å²) < 4.78 is 0.481. The first-order valence-electron chi connectivity index (χ1n) is 2.73. The maximum atomic E-state index is 10.6. The van der Waals surface area contributed by atoms with Crippen LogP contribution in [-0.4, -0.2) is 10.2 Å². The summed E-state index contributed by atoms with van der Waals surface area (Å²) in [4.78, 5) is 0. The van der Waals surface area contributed by atoms with Crippen molar-refractivity contribution in [1.29, 1.82) is 0 Å². The van der Waals surface area contributed by atoms with Crippen LogP contribution < -0.4 is 4.73 Å². The fraction of sp³-hybridized carbons (Fsp3) is 0.167. The van der Waals surface area contributed by atoms with Gasteiger partial charge in [0.1, 0.15) is 0 Å². The number of aromatic hydroxyl groups is 2. The van der Waals surface area contributed by atoms with Gasteiger partial charge in [-0.3, -0.25) is 0 Å². The van der Waals surface area contributed by atoms with Gasteiger partial charge in [0.15, 0.2) is 11.4 Å². The summed E-state index contributed by atoms with van der Waals surface area (Å²) in [7, 11) is 0. The van der Waals surface area contributed by atoms with Crippen LogP contribution in [0.15, 0.2) is 12.3 Å². The maximum absolute atomic E-state index is 10.6. The molecule has 0 atom stereocenters. The predicted octanol–water partition coefficient (Wildman–Crippen LogP) is 0.0396. The lowest BCUT2D eigenvalue weighted by atomic mass is 10.3. The SMILES string of the molecule is Cc1cc(O)c(O)c[n+]1[O-]. The molecule has 2 N–H and O–H groups in total. The molecule has 0 amide bonds. The number of aryl methyl sites for hydroxylation is 1. The molecule has 0 fully saturated rings. The van der Waals surface area contributed by atoms with Crippen LogP contribution in [0.2, 0.25) is 0 Å². The molecule has 0 bridgehead atoms. The molecule has 0 saturated heterocycles. The highest BCUT2D eigenvalue weighted by Crippen LogP contribution is 2.21. The molecule has 0 saturated carbocycles. The summed E-state index contributed by atoms with van der Waals surface area (Å²) >= 11 is 0. The molecule has 0 radical (unpaired) electrons. The molecule has 54 valence electrons. The molecular formula is C6H7NO3. The Morgan fingerprint density at radius 2 is 2.00 bits per heavy atom. The number of nitrogens with zero attached hydrogens (tertiary/aromatic N) is 1. The molecular weight excluding hydrogens is 134 g/mol. The van der Waals surface area contributed by atoms with Gasteiger partial charge in [0.25, 0.3) is 0 Å². The Hall–Kier alpha value is -1.45. The molecule has 4 nitrogen and oxygen atoms in total. The Kier molecular flexibility index (Phi) is 1.37. The fourth-order valence-corrected chi connectivity index (χ4v) is 0.614. The normalized spacial score (nSPS) is 9.70. The van der Waals surface area contributed by atoms with E-state index >= 15 is 0 Å². The van der Waals surface area contributed by atoms with E-state index in [1.807, 2.05) is 0 Å². The molecule has 10 heavy (non-hydrogen) atoms. The second kappa shape index (κ2) is 2.06. The summed E-state index contributed by atoms with van der Waals surface area (Å²) in [5.41, 5.74) is 0.343. The molecule has 1 heterocycles. The van der Waals surface area contributed by atoms with Crippen molar-refractivity contribution in [2.24, 2.45) is 0 Å². The molecule has 0 aromatic carbocycles. The first-order valence-corrected chi connectivity index (χ1v) is 2.73. The van der Waals surface area contributed by atoms with Crippen LogP contribution in [0.1, 0.15) is 5.69 Å². The lowest BCUT2D eigenvalue weighted by molar-refractivity contribution is -0.612. The van der Waals surface area contributed by atoms with E-state index in [1.54, 1.807) is 0 Å². The summed E-state index contributed by atoms with van der Waals surface area (Å²) in [6.07, 6.45) is 0.907. The van der Waals surface area contributed by atoms with Crippen LogP contribution in [-0.2, 0) is 0 Å². The topological polar surface area (TPSA) is 67.4 Å². The highest BCUT2D eigenvalue weighted by atomic mass is 16.5. The van der Waals surface area contributed by atoms with Crippen molar-refractivity contribution in [2.45, 2.75) is 6.92 Å². The summed E-state index contributed by atoms with van der Waals surface area (Å²) in [5, 5.41) is 28.2. The van der Waals surface area contributed by atoms with Crippen molar-refractivity contribution in [3.05, 3.63) is 23.2 Å².